The molecule has 2 aromatic rings. The van der Waals surface area contributed by atoms with E-state index in [1.54, 1.807) is 4.57 Å². The molecule has 0 radical (unpaired) electrons. The van der Waals surface area contributed by atoms with Gasteiger partial charge in [-0.15, -0.1) is 0 Å². The summed E-state index contributed by atoms with van der Waals surface area (Å²) in [5.41, 5.74) is -0.369. The van der Waals surface area contributed by atoms with E-state index < -0.39 is 5.56 Å². The zero-order valence-electron chi connectivity index (χ0n) is 18.8. The van der Waals surface area contributed by atoms with Crippen LogP contribution in [0, 0.1) is 0 Å². The van der Waals surface area contributed by atoms with Crippen molar-refractivity contribution in [3.8, 4) is 0 Å². The number of nitrogens with one attached hydrogen (secondary N) is 1. The van der Waals surface area contributed by atoms with Gasteiger partial charge in [0.2, 0.25) is 5.91 Å². The molecule has 31 heavy (non-hydrogen) atoms. The molecule has 1 N–H and O–H groups in total. The van der Waals surface area contributed by atoms with Crippen LogP contribution in [-0.4, -0.2) is 36.8 Å². The average molecular weight is 448 g/mol. The third-order valence-corrected chi connectivity index (χ3v) is 6.89. The van der Waals surface area contributed by atoms with Crippen molar-refractivity contribution in [3.63, 3.8) is 0 Å². The van der Waals surface area contributed by atoms with Crippen LogP contribution in [0.25, 0.3) is 11.0 Å². The fourth-order valence-corrected chi connectivity index (χ4v) is 5.07. The lowest BCUT2D eigenvalue weighted by Crippen LogP contribution is -2.39. The zero-order valence-corrected chi connectivity index (χ0v) is 19.6. The van der Waals surface area contributed by atoms with Gasteiger partial charge < -0.3 is 5.32 Å². The molecule has 1 aliphatic rings. The fraction of sp³-hybridized carbons (Fsp3) is 0.682. The molecule has 0 aromatic carbocycles. The maximum absolute atomic E-state index is 13.1. The number of fused-ring (bicyclic) bond motifs is 1. The number of thioether (sulfide) groups is 1. The summed E-state index contributed by atoms with van der Waals surface area (Å²) in [4.78, 5) is 47.8. The van der Waals surface area contributed by atoms with Crippen LogP contribution in [0.3, 0.4) is 0 Å². The van der Waals surface area contributed by atoms with Crippen LogP contribution in [-0.2, 0) is 24.8 Å². The smallest absolute Gasteiger partial charge is 0.332 e. The van der Waals surface area contributed by atoms with Crippen molar-refractivity contribution >= 4 is 28.7 Å². The molecule has 1 amide bonds. The summed E-state index contributed by atoms with van der Waals surface area (Å²) < 4.78 is 2.70. The van der Waals surface area contributed by atoms with E-state index in [0.717, 1.165) is 55.9 Å². The number of rotatable bonds is 9. The molecule has 8 nitrogen and oxygen atoms in total. The highest BCUT2D eigenvalue weighted by Crippen LogP contribution is 2.30. The first-order chi connectivity index (χ1) is 15.0. The summed E-state index contributed by atoms with van der Waals surface area (Å²) >= 11 is 1.34. The third-order valence-electron chi connectivity index (χ3n) is 5.63. The lowest BCUT2D eigenvalue weighted by atomic mass is 10.1. The van der Waals surface area contributed by atoms with E-state index in [9.17, 15) is 14.4 Å². The average Bonchev–Trinajstić information content (AvgIpc) is 2.96. The van der Waals surface area contributed by atoms with Crippen molar-refractivity contribution in [2.45, 2.75) is 88.5 Å². The number of aromatic nitrogens is 4. The maximum atomic E-state index is 13.1. The fourth-order valence-electron chi connectivity index (χ4n) is 3.87. The zero-order chi connectivity index (χ0) is 22.4. The van der Waals surface area contributed by atoms with E-state index in [1.165, 1.54) is 18.8 Å². The van der Waals surface area contributed by atoms with Gasteiger partial charge >= 0.3 is 5.69 Å². The van der Waals surface area contributed by atoms with Crippen LogP contribution in [0.15, 0.2) is 14.6 Å². The van der Waals surface area contributed by atoms with E-state index in [1.807, 2.05) is 6.92 Å². The molecule has 0 aliphatic carbocycles. The molecule has 1 saturated heterocycles. The van der Waals surface area contributed by atoms with Gasteiger partial charge in [-0.05, 0) is 25.7 Å². The highest BCUT2D eigenvalue weighted by atomic mass is 32.2. The Kier molecular flexibility index (Phi) is 8.28. The first-order valence-electron chi connectivity index (χ1n) is 11.4. The lowest BCUT2D eigenvalue weighted by Gasteiger charge is -2.16. The number of hydrogen-bond donors (Lipinski definition) is 1. The van der Waals surface area contributed by atoms with Crippen molar-refractivity contribution in [2.75, 3.05) is 6.54 Å². The number of amides is 1. The number of carbonyl (C=O) groups is 1. The van der Waals surface area contributed by atoms with Crippen molar-refractivity contribution in [1.29, 1.82) is 0 Å². The summed E-state index contributed by atoms with van der Waals surface area (Å²) in [7, 11) is 1.49. The lowest BCUT2D eigenvalue weighted by molar-refractivity contribution is -0.120. The molecule has 1 fully saturated rings. The predicted molar refractivity (Wildman–Crippen MR) is 124 cm³/mol. The highest BCUT2D eigenvalue weighted by molar-refractivity contribution is 8.00. The van der Waals surface area contributed by atoms with E-state index in [4.69, 9.17) is 4.98 Å². The van der Waals surface area contributed by atoms with Crippen molar-refractivity contribution in [2.24, 2.45) is 7.05 Å². The number of aryl methyl sites for hydroxylation is 2. The number of nitrogens with zero attached hydrogens (tertiary/aromatic N) is 4. The summed E-state index contributed by atoms with van der Waals surface area (Å²) in [6.45, 7) is 5.31. The monoisotopic (exact) mass is 447 g/mol. The standard InChI is InChI=1S/C22H33N5O3S/c1-4-6-7-8-12-16-24-18-17(21(29)26(3)22(30)27(18)14-5-2)20(25-16)31-15-11-9-10-13-23-19(15)28/h15H,4-14H2,1-3H3,(H,23,28). The second-order valence-electron chi connectivity index (χ2n) is 8.15. The second kappa shape index (κ2) is 10.9. The van der Waals surface area contributed by atoms with Gasteiger partial charge in [0.25, 0.3) is 5.56 Å². The normalized spacial score (nSPS) is 17.0. The Morgan fingerprint density at radius 2 is 1.87 bits per heavy atom. The predicted octanol–water partition coefficient (Wildman–Crippen LogP) is 2.78. The summed E-state index contributed by atoms with van der Waals surface area (Å²) in [6.07, 6.45) is 8.41. The summed E-state index contributed by atoms with van der Waals surface area (Å²) in [5.74, 6) is 0.620. The summed E-state index contributed by atoms with van der Waals surface area (Å²) in [5, 5.41) is 3.51. The second-order valence-corrected chi connectivity index (χ2v) is 9.34. The van der Waals surface area contributed by atoms with Gasteiger partial charge in [-0.1, -0.05) is 51.3 Å². The summed E-state index contributed by atoms with van der Waals surface area (Å²) in [6, 6.07) is 0. The Balaban J connectivity index is 2.13. The topological polar surface area (TPSA) is 98.9 Å². The van der Waals surface area contributed by atoms with E-state index in [2.05, 4.69) is 17.2 Å². The van der Waals surface area contributed by atoms with E-state index in [-0.39, 0.29) is 16.8 Å². The Bertz CT molecular complexity index is 1050. The molecule has 1 atom stereocenters. The van der Waals surface area contributed by atoms with E-state index >= 15 is 0 Å². The molecule has 0 spiro atoms. The SMILES string of the molecule is CCCCCCc1nc(SC2CCCCNC2=O)c2c(=O)n(C)c(=O)n(CCC)c2n1. The number of unbranched alkanes of at least 4 members (excludes halogenated alkanes) is 3. The van der Waals surface area contributed by atoms with Gasteiger partial charge in [-0.2, -0.15) is 0 Å². The Morgan fingerprint density at radius 1 is 1.06 bits per heavy atom. The molecule has 1 aliphatic heterocycles. The van der Waals surface area contributed by atoms with Crippen molar-refractivity contribution in [1.82, 2.24) is 24.4 Å². The van der Waals surface area contributed by atoms with Gasteiger partial charge in [-0.3, -0.25) is 18.7 Å². The van der Waals surface area contributed by atoms with Crippen LogP contribution in [0.1, 0.15) is 71.0 Å². The molecular weight excluding hydrogens is 414 g/mol. The van der Waals surface area contributed by atoms with Crippen molar-refractivity contribution < 1.29 is 4.79 Å². The van der Waals surface area contributed by atoms with Crippen LogP contribution in [0.2, 0.25) is 0 Å². The van der Waals surface area contributed by atoms with Crippen LogP contribution in [0.4, 0.5) is 0 Å². The van der Waals surface area contributed by atoms with Crippen LogP contribution >= 0.6 is 11.8 Å². The Morgan fingerprint density at radius 3 is 2.61 bits per heavy atom. The molecule has 3 heterocycles. The molecule has 1 unspecified atom stereocenters. The van der Waals surface area contributed by atoms with Crippen LogP contribution in [0.5, 0.6) is 0 Å². The minimum Gasteiger partial charge on any atom is -0.355 e. The first-order valence-corrected chi connectivity index (χ1v) is 12.3. The molecule has 3 rings (SSSR count). The largest absolute Gasteiger partial charge is 0.355 e. The molecule has 0 saturated carbocycles. The van der Waals surface area contributed by atoms with Crippen LogP contribution < -0.4 is 16.6 Å². The minimum absolute atomic E-state index is 0.0162. The van der Waals surface area contributed by atoms with Crippen molar-refractivity contribution in [3.05, 3.63) is 26.7 Å². The quantitative estimate of drug-likeness (QED) is 0.469. The molecular formula is C22H33N5O3S. The minimum atomic E-state index is -0.401. The maximum Gasteiger partial charge on any atom is 0.332 e. The number of hydrogen-bond acceptors (Lipinski definition) is 6. The molecule has 170 valence electrons. The van der Waals surface area contributed by atoms with Gasteiger partial charge in [0.1, 0.15) is 16.2 Å². The van der Waals surface area contributed by atoms with E-state index in [0.29, 0.717) is 41.4 Å². The first kappa shape index (κ1) is 23.5. The molecule has 0 bridgehead atoms. The third kappa shape index (κ3) is 5.37. The molecule has 2 aromatic heterocycles. The van der Waals surface area contributed by atoms with Gasteiger partial charge in [0, 0.05) is 26.6 Å². The Hall–Kier alpha value is -2.16. The molecule has 9 heteroatoms. The van der Waals surface area contributed by atoms with Gasteiger partial charge in [-0.25, -0.2) is 14.8 Å². The Labute approximate surface area is 186 Å². The number of carbonyl (C=O) groups excluding carboxylic acids is 1. The van der Waals surface area contributed by atoms with Gasteiger partial charge in [0.15, 0.2) is 5.65 Å². The highest BCUT2D eigenvalue weighted by Gasteiger charge is 2.26. The van der Waals surface area contributed by atoms with Gasteiger partial charge in [0.05, 0.1) is 5.25 Å².